The van der Waals surface area contributed by atoms with Crippen LogP contribution in [0.5, 0.6) is 5.75 Å². The second kappa shape index (κ2) is 8.10. The Morgan fingerprint density at radius 2 is 2.19 bits per heavy atom. The Hall–Kier alpha value is -2.38. The number of rotatable bonds is 7. The molecular formula is C20H27N5O2. The van der Waals surface area contributed by atoms with E-state index in [2.05, 4.69) is 34.1 Å². The highest BCUT2D eigenvalue weighted by Crippen LogP contribution is 2.41. The molecule has 0 saturated carbocycles. The third-order valence-electron chi connectivity index (χ3n) is 5.60. The Morgan fingerprint density at radius 1 is 1.30 bits per heavy atom. The third-order valence-corrected chi connectivity index (χ3v) is 5.60. The SMILES string of the molecule is CCC1NNC2NC(=O)CC(c3ccccc3OCCCn3ccnc3)C12. The first-order valence-corrected chi connectivity index (χ1v) is 9.74. The van der Waals surface area contributed by atoms with Gasteiger partial charge in [-0.05, 0) is 24.5 Å². The lowest BCUT2D eigenvalue weighted by molar-refractivity contribution is -0.125. The number of aromatic nitrogens is 2. The average molecular weight is 369 g/mol. The molecule has 144 valence electrons. The molecule has 4 atom stereocenters. The zero-order valence-corrected chi connectivity index (χ0v) is 15.6. The summed E-state index contributed by atoms with van der Waals surface area (Å²) in [6.45, 7) is 3.69. The van der Waals surface area contributed by atoms with Gasteiger partial charge in [0.15, 0.2) is 0 Å². The van der Waals surface area contributed by atoms with Gasteiger partial charge in [-0.3, -0.25) is 10.2 Å². The van der Waals surface area contributed by atoms with Crippen molar-refractivity contribution in [1.82, 2.24) is 25.7 Å². The molecule has 0 bridgehead atoms. The van der Waals surface area contributed by atoms with E-state index >= 15 is 0 Å². The van der Waals surface area contributed by atoms with Gasteiger partial charge >= 0.3 is 0 Å². The van der Waals surface area contributed by atoms with Crippen LogP contribution in [0.25, 0.3) is 0 Å². The molecule has 2 saturated heterocycles. The van der Waals surface area contributed by atoms with Crippen molar-refractivity contribution in [2.75, 3.05) is 6.61 Å². The highest BCUT2D eigenvalue weighted by atomic mass is 16.5. The van der Waals surface area contributed by atoms with Crippen LogP contribution >= 0.6 is 0 Å². The van der Waals surface area contributed by atoms with Crippen LogP contribution < -0.4 is 20.9 Å². The number of amides is 1. The number of hydrogen-bond donors (Lipinski definition) is 3. The second-order valence-electron chi connectivity index (χ2n) is 7.28. The van der Waals surface area contributed by atoms with Gasteiger partial charge in [-0.2, -0.15) is 0 Å². The van der Waals surface area contributed by atoms with Crippen LogP contribution in [0.3, 0.4) is 0 Å². The normalized spacial score (nSPS) is 27.2. The van der Waals surface area contributed by atoms with Crippen molar-refractivity contribution < 1.29 is 9.53 Å². The van der Waals surface area contributed by atoms with Gasteiger partial charge in [-0.25, -0.2) is 10.4 Å². The molecule has 0 radical (unpaired) electrons. The molecule has 0 aliphatic carbocycles. The van der Waals surface area contributed by atoms with Crippen molar-refractivity contribution in [2.45, 2.75) is 50.9 Å². The van der Waals surface area contributed by atoms with Crippen LogP contribution in [-0.2, 0) is 11.3 Å². The molecule has 4 unspecified atom stereocenters. The minimum absolute atomic E-state index is 0.0319. The van der Waals surface area contributed by atoms with Crippen LogP contribution in [0.4, 0.5) is 0 Å². The van der Waals surface area contributed by atoms with Crippen molar-refractivity contribution >= 4 is 5.91 Å². The summed E-state index contributed by atoms with van der Waals surface area (Å²) < 4.78 is 8.18. The average Bonchev–Trinajstić information content (AvgIpc) is 3.34. The van der Waals surface area contributed by atoms with E-state index in [9.17, 15) is 4.79 Å². The Morgan fingerprint density at radius 3 is 3.00 bits per heavy atom. The quantitative estimate of drug-likeness (QED) is 0.649. The molecule has 7 nitrogen and oxygen atoms in total. The summed E-state index contributed by atoms with van der Waals surface area (Å²) in [4.78, 5) is 16.3. The molecule has 2 fully saturated rings. The lowest BCUT2D eigenvalue weighted by Gasteiger charge is -2.36. The maximum atomic E-state index is 12.3. The topological polar surface area (TPSA) is 80.2 Å². The summed E-state index contributed by atoms with van der Waals surface area (Å²) in [5.74, 6) is 1.43. The number of carbonyl (C=O) groups excluding carboxylic acids is 1. The zero-order valence-electron chi connectivity index (χ0n) is 15.6. The maximum Gasteiger partial charge on any atom is 0.221 e. The van der Waals surface area contributed by atoms with Crippen LogP contribution in [0, 0.1) is 5.92 Å². The molecule has 2 aliphatic rings. The molecular weight excluding hydrogens is 342 g/mol. The first-order valence-electron chi connectivity index (χ1n) is 9.74. The predicted octanol–water partition coefficient (Wildman–Crippen LogP) is 1.78. The Kier molecular flexibility index (Phi) is 5.40. The fraction of sp³-hybridized carbons (Fsp3) is 0.500. The molecule has 1 amide bonds. The van der Waals surface area contributed by atoms with Gasteiger partial charge in [0.1, 0.15) is 5.75 Å². The van der Waals surface area contributed by atoms with Crippen molar-refractivity contribution in [2.24, 2.45) is 5.92 Å². The fourth-order valence-corrected chi connectivity index (χ4v) is 4.29. The number of nitrogens with zero attached hydrogens (tertiary/aromatic N) is 2. The van der Waals surface area contributed by atoms with E-state index in [-0.39, 0.29) is 18.0 Å². The lowest BCUT2D eigenvalue weighted by Crippen LogP contribution is -2.52. The van der Waals surface area contributed by atoms with Crippen LogP contribution in [0.15, 0.2) is 43.0 Å². The number of imidazole rings is 1. The van der Waals surface area contributed by atoms with Gasteiger partial charge in [-0.15, -0.1) is 0 Å². The number of ether oxygens (including phenoxy) is 1. The first-order chi connectivity index (χ1) is 13.3. The highest BCUT2D eigenvalue weighted by Gasteiger charge is 2.46. The van der Waals surface area contributed by atoms with E-state index in [4.69, 9.17) is 4.74 Å². The van der Waals surface area contributed by atoms with E-state index < -0.39 is 0 Å². The van der Waals surface area contributed by atoms with Gasteiger partial charge in [-0.1, -0.05) is 25.1 Å². The number of nitrogens with one attached hydrogen (secondary N) is 3. The van der Waals surface area contributed by atoms with Crippen LogP contribution in [0.2, 0.25) is 0 Å². The number of hydrazine groups is 1. The van der Waals surface area contributed by atoms with E-state index in [1.54, 1.807) is 6.20 Å². The number of hydrogen-bond acceptors (Lipinski definition) is 5. The monoisotopic (exact) mass is 369 g/mol. The number of fused-ring (bicyclic) bond motifs is 1. The van der Waals surface area contributed by atoms with Gasteiger partial charge in [0.2, 0.25) is 5.91 Å². The fourth-order valence-electron chi connectivity index (χ4n) is 4.29. The van der Waals surface area contributed by atoms with Crippen molar-refractivity contribution in [3.8, 4) is 5.75 Å². The summed E-state index contributed by atoms with van der Waals surface area (Å²) in [5.41, 5.74) is 7.72. The Labute approximate surface area is 159 Å². The molecule has 7 heteroatoms. The van der Waals surface area contributed by atoms with Crippen molar-refractivity contribution in [3.05, 3.63) is 48.5 Å². The van der Waals surface area contributed by atoms with Gasteiger partial charge in [0.25, 0.3) is 0 Å². The number of benzene rings is 1. The zero-order chi connectivity index (χ0) is 18.6. The molecule has 4 rings (SSSR count). The molecule has 27 heavy (non-hydrogen) atoms. The van der Waals surface area contributed by atoms with E-state index in [0.717, 1.165) is 30.7 Å². The summed E-state index contributed by atoms with van der Waals surface area (Å²) in [7, 11) is 0. The molecule has 2 aromatic rings. The van der Waals surface area contributed by atoms with E-state index in [0.29, 0.717) is 25.0 Å². The summed E-state index contributed by atoms with van der Waals surface area (Å²) in [6, 6.07) is 8.49. The van der Waals surface area contributed by atoms with Crippen molar-refractivity contribution in [1.29, 1.82) is 0 Å². The lowest BCUT2D eigenvalue weighted by atomic mass is 9.75. The molecule has 3 heterocycles. The van der Waals surface area contributed by atoms with Crippen LogP contribution in [0.1, 0.15) is 37.7 Å². The Balaban J connectivity index is 1.48. The smallest absolute Gasteiger partial charge is 0.221 e. The first kappa shape index (κ1) is 18.0. The molecule has 0 spiro atoms. The molecule has 3 N–H and O–H groups in total. The van der Waals surface area contributed by atoms with E-state index in [1.807, 2.05) is 35.3 Å². The molecule has 1 aromatic heterocycles. The number of para-hydroxylation sites is 1. The minimum atomic E-state index is -0.0319. The summed E-state index contributed by atoms with van der Waals surface area (Å²) in [5, 5.41) is 3.07. The maximum absolute atomic E-state index is 12.3. The number of aryl methyl sites for hydroxylation is 1. The second-order valence-corrected chi connectivity index (χ2v) is 7.28. The predicted molar refractivity (Wildman–Crippen MR) is 102 cm³/mol. The summed E-state index contributed by atoms with van der Waals surface area (Å²) in [6.07, 6.45) is 7.94. The molecule has 2 aliphatic heterocycles. The van der Waals surface area contributed by atoms with Crippen LogP contribution in [-0.4, -0.2) is 34.3 Å². The summed E-state index contributed by atoms with van der Waals surface area (Å²) >= 11 is 0. The standard InChI is InChI=1S/C20H27N5O2/c1-2-16-19-15(12-18(26)22-20(19)24-23-16)14-6-3-4-7-17(14)27-11-5-9-25-10-8-21-13-25/h3-4,6-8,10,13,15-16,19-20,23-24H,2,5,9,11-12H2,1H3,(H,22,26). The minimum Gasteiger partial charge on any atom is -0.493 e. The van der Waals surface area contributed by atoms with Crippen molar-refractivity contribution in [3.63, 3.8) is 0 Å². The Bertz CT molecular complexity index is 763. The van der Waals surface area contributed by atoms with Gasteiger partial charge in [0.05, 0.1) is 19.1 Å². The number of carbonyl (C=O) groups is 1. The highest BCUT2D eigenvalue weighted by molar-refractivity contribution is 5.78. The largest absolute Gasteiger partial charge is 0.493 e. The van der Waals surface area contributed by atoms with Gasteiger partial charge in [0, 0.05) is 43.2 Å². The third kappa shape index (κ3) is 3.84. The van der Waals surface area contributed by atoms with E-state index in [1.165, 1.54) is 0 Å². The number of piperidine rings is 1. The van der Waals surface area contributed by atoms with Gasteiger partial charge < -0.3 is 14.6 Å². The molecule has 1 aromatic carbocycles.